The standard InChI is InChI=1S/C42H40N12O5S/c1-43-25-17-27-4-6-33(54(27)46-20-25)32-19-31(44-2)30(21-45-32)37-48-49-41(60-37)52-22-42(23-52)11-15-51(16-12-42)38(57)24-9-13-50(14-10-24)26-3-5-28-29(18-26)40(59)53(39(28)58)34-7-8-35(55)47-36(34)56/h3-6,17-21,24,34H,7-16,22-23H2,2H3,(H,44,45)(H,47,55,56). The van der Waals surface area contributed by atoms with Gasteiger partial charge in [0.15, 0.2) is 5.01 Å². The molecule has 0 radical (unpaired) electrons. The van der Waals surface area contributed by atoms with Gasteiger partial charge in [-0.15, -0.1) is 10.2 Å². The summed E-state index contributed by atoms with van der Waals surface area (Å²) < 4.78 is 1.78. The molecule has 0 bridgehead atoms. The van der Waals surface area contributed by atoms with E-state index in [-0.39, 0.29) is 41.2 Å². The number of carbonyl (C=O) groups excluding carboxylic acids is 5. The highest BCUT2D eigenvalue weighted by molar-refractivity contribution is 7.18. The van der Waals surface area contributed by atoms with Gasteiger partial charge in [0.25, 0.3) is 11.8 Å². The van der Waals surface area contributed by atoms with E-state index in [4.69, 9.17) is 11.6 Å². The molecule has 5 aliphatic heterocycles. The van der Waals surface area contributed by atoms with Gasteiger partial charge in [-0.05, 0) is 74.6 Å². The predicted molar refractivity (Wildman–Crippen MR) is 222 cm³/mol. The molecule has 9 heterocycles. The fourth-order valence-electron chi connectivity index (χ4n) is 9.38. The molecular weight excluding hydrogens is 785 g/mol. The first-order chi connectivity index (χ1) is 29.1. The van der Waals surface area contributed by atoms with Gasteiger partial charge in [-0.3, -0.25) is 39.2 Å². The van der Waals surface area contributed by atoms with Crippen molar-refractivity contribution in [1.29, 1.82) is 0 Å². The average Bonchev–Trinajstić information content (AvgIpc) is 3.99. The van der Waals surface area contributed by atoms with E-state index in [1.54, 1.807) is 40.2 Å². The molecule has 5 amide bonds. The number of imide groups is 2. The summed E-state index contributed by atoms with van der Waals surface area (Å²) in [6.07, 6.45) is 6.81. The van der Waals surface area contributed by atoms with E-state index in [9.17, 15) is 24.0 Å². The minimum absolute atomic E-state index is 0.0715. The molecule has 5 aromatic rings. The lowest BCUT2D eigenvalue weighted by Crippen LogP contribution is -2.61. The van der Waals surface area contributed by atoms with Crippen LogP contribution in [-0.4, -0.2) is 116 Å². The Kier molecular flexibility index (Phi) is 9.08. The van der Waals surface area contributed by atoms with Crippen LogP contribution in [0.15, 0.2) is 54.9 Å². The number of benzene rings is 1. The number of rotatable bonds is 7. The summed E-state index contributed by atoms with van der Waals surface area (Å²) in [5.41, 5.74) is 6.07. The van der Waals surface area contributed by atoms with Crippen molar-refractivity contribution >= 4 is 68.6 Å². The smallest absolute Gasteiger partial charge is 0.262 e. The van der Waals surface area contributed by atoms with Gasteiger partial charge < -0.3 is 20.0 Å². The van der Waals surface area contributed by atoms with Crippen molar-refractivity contribution in [3.8, 4) is 22.0 Å². The molecule has 4 fully saturated rings. The van der Waals surface area contributed by atoms with E-state index in [0.29, 0.717) is 31.6 Å². The summed E-state index contributed by atoms with van der Waals surface area (Å²) in [6.45, 7) is 11.8. The number of hydrogen-bond donors (Lipinski definition) is 2. The van der Waals surface area contributed by atoms with E-state index in [1.807, 2.05) is 42.4 Å². The number of piperidine rings is 3. The van der Waals surface area contributed by atoms with Crippen LogP contribution in [0.2, 0.25) is 0 Å². The van der Waals surface area contributed by atoms with Gasteiger partial charge in [-0.25, -0.2) is 9.36 Å². The Balaban J connectivity index is 0.720. The lowest BCUT2D eigenvalue weighted by molar-refractivity contribution is -0.139. The van der Waals surface area contributed by atoms with Crippen LogP contribution in [0.5, 0.6) is 0 Å². The van der Waals surface area contributed by atoms with Gasteiger partial charge >= 0.3 is 0 Å². The summed E-state index contributed by atoms with van der Waals surface area (Å²) >= 11 is 1.54. The number of likely N-dealkylation sites (tertiary alicyclic amines) is 1. The number of hydrogen-bond acceptors (Lipinski definition) is 13. The van der Waals surface area contributed by atoms with Crippen LogP contribution >= 0.6 is 11.3 Å². The summed E-state index contributed by atoms with van der Waals surface area (Å²) in [7, 11) is 1.87. The lowest BCUT2D eigenvalue weighted by Gasteiger charge is -2.54. The zero-order valence-corrected chi connectivity index (χ0v) is 33.6. The fourth-order valence-corrected chi connectivity index (χ4v) is 10.3. The molecule has 4 saturated heterocycles. The molecule has 4 aromatic heterocycles. The van der Waals surface area contributed by atoms with E-state index in [0.717, 1.165) is 87.9 Å². The van der Waals surface area contributed by atoms with Crippen molar-refractivity contribution in [1.82, 2.24) is 39.9 Å². The average molecular weight is 825 g/mol. The van der Waals surface area contributed by atoms with Crippen molar-refractivity contribution in [3.63, 3.8) is 0 Å². The molecule has 18 heteroatoms. The highest BCUT2D eigenvalue weighted by Gasteiger charge is 2.48. The summed E-state index contributed by atoms with van der Waals surface area (Å²) in [5.74, 6) is -1.95. The topological polar surface area (TPSA) is 183 Å². The number of nitrogens with one attached hydrogen (secondary N) is 2. The highest BCUT2D eigenvalue weighted by atomic mass is 32.1. The molecule has 10 rings (SSSR count). The summed E-state index contributed by atoms with van der Waals surface area (Å²) in [6, 6.07) is 11.8. The quantitative estimate of drug-likeness (QED) is 0.176. The number of nitrogens with zero attached hydrogens (tertiary/aromatic N) is 10. The fraction of sp³-hybridized carbons (Fsp3) is 0.381. The molecule has 1 spiro atoms. The van der Waals surface area contributed by atoms with Gasteiger partial charge in [0.1, 0.15) is 6.04 Å². The maximum absolute atomic E-state index is 13.7. The second kappa shape index (κ2) is 14.5. The largest absolute Gasteiger partial charge is 0.387 e. The Labute approximate surface area is 348 Å². The SMILES string of the molecule is [C-]#[N+]c1cnn2c(-c3cc(NC)c(-c4nnc(N5CC6(CCN(C(=O)C7CCN(c8ccc9c(c8)C(=O)N(C8CCC(=O)NC8=O)C9=O)CC7)CC6)C5)s4)cn3)ccc2c1. The van der Waals surface area contributed by atoms with Crippen LogP contribution in [0.3, 0.4) is 0 Å². The van der Waals surface area contributed by atoms with Gasteiger partial charge in [-0.1, -0.05) is 11.3 Å². The molecular formula is C42H40N12O5S. The zero-order valence-electron chi connectivity index (χ0n) is 32.8. The van der Waals surface area contributed by atoms with Crippen LogP contribution in [-0.2, 0) is 14.4 Å². The third-order valence-electron chi connectivity index (χ3n) is 12.8. The molecule has 0 aliphatic carbocycles. The minimum atomic E-state index is -1.00. The van der Waals surface area contributed by atoms with E-state index < -0.39 is 29.7 Å². The maximum atomic E-state index is 13.7. The van der Waals surface area contributed by atoms with Crippen LogP contribution in [0.1, 0.15) is 59.2 Å². The number of fused-ring (bicyclic) bond motifs is 2. The molecule has 17 nitrogen and oxygen atoms in total. The molecule has 5 aliphatic rings. The Bertz CT molecular complexity index is 2660. The third-order valence-corrected chi connectivity index (χ3v) is 13.8. The monoisotopic (exact) mass is 824 g/mol. The first-order valence-electron chi connectivity index (χ1n) is 20.1. The van der Waals surface area contributed by atoms with E-state index in [2.05, 4.69) is 40.6 Å². The van der Waals surface area contributed by atoms with Crippen LogP contribution in [0, 0.1) is 17.9 Å². The van der Waals surface area contributed by atoms with Gasteiger partial charge in [0, 0.05) is 81.6 Å². The van der Waals surface area contributed by atoms with Crippen LogP contribution in [0.25, 0.3) is 32.3 Å². The second-order valence-electron chi connectivity index (χ2n) is 16.3. The third kappa shape index (κ3) is 6.31. The lowest BCUT2D eigenvalue weighted by atomic mass is 9.72. The van der Waals surface area contributed by atoms with Gasteiger partial charge in [-0.2, -0.15) is 5.10 Å². The molecule has 304 valence electrons. The first kappa shape index (κ1) is 37.5. The Morgan fingerprint density at radius 3 is 2.43 bits per heavy atom. The molecule has 1 aromatic carbocycles. The number of amides is 5. The van der Waals surface area contributed by atoms with Gasteiger partial charge in [0.05, 0.1) is 46.4 Å². The highest BCUT2D eigenvalue weighted by Crippen LogP contribution is 2.45. The van der Waals surface area contributed by atoms with Gasteiger partial charge in [0.2, 0.25) is 28.5 Å². The predicted octanol–water partition coefficient (Wildman–Crippen LogP) is 4.25. The summed E-state index contributed by atoms with van der Waals surface area (Å²) in [5, 5.41) is 20.7. The Hall–Kier alpha value is -6.74. The Morgan fingerprint density at radius 1 is 0.900 bits per heavy atom. The van der Waals surface area contributed by atoms with Crippen molar-refractivity contribution in [2.24, 2.45) is 11.3 Å². The van der Waals surface area contributed by atoms with Crippen molar-refractivity contribution in [3.05, 3.63) is 77.4 Å². The normalized spacial score (nSPS) is 20.4. The van der Waals surface area contributed by atoms with Crippen LogP contribution < -0.4 is 20.4 Å². The molecule has 2 N–H and O–H groups in total. The number of pyridine rings is 1. The minimum Gasteiger partial charge on any atom is -0.387 e. The molecule has 60 heavy (non-hydrogen) atoms. The van der Waals surface area contributed by atoms with Crippen molar-refractivity contribution in [2.75, 3.05) is 61.4 Å². The maximum Gasteiger partial charge on any atom is 0.262 e. The van der Waals surface area contributed by atoms with E-state index in [1.165, 1.54) is 0 Å². The Morgan fingerprint density at radius 2 is 1.68 bits per heavy atom. The number of carbonyl (C=O) groups is 5. The van der Waals surface area contributed by atoms with Crippen molar-refractivity contribution in [2.45, 2.75) is 44.6 Å². The molecule has 1 unspecified atom stereocenters. The second-order valence-corrected chi connectivity index (χ2v) is 17.2. The van der Waals surface area contributed by atoms with Crippen LogP contribution in [0.4, 0.5) is 22.2 Å². The number of anilines is 3. The summed E-state index contributed by atoms with van der Waals surface area (Å²) in [4.78, 5) is 80.0. The zero-order chi connectivity index (χ0) is 41.3. The van der Waals surface area contributed by atoms with Crippen molar-refractivity contribution < 1.29 is 24.0 Å². The molecule has 0 saturated carbocycles. The first-order valence-corrected chi connectivity index (χ1v) is 21.0. The van der Waals surface area contributed by atoms with E-state index >= 15 is 0 Å². The number of aromatic nitrogens is 5. The molecule has 1 atom stereocenters.